The molecule has 0 aliphatic carbocycles. The van der Waals surface area contributed by atoms with E-state index in [0.29, 0.717) is 17.1 Å². The van der Waals surface area contributed by atoms with Crippen molar-refractivity contribution in [1.82, 2.24) is 0 Å². The van der Waals surface area contributed by atoms with Gasteiger partial charge >= 0.3 is 5.97 Å². The number of phenolic OH excluding ortho intramolecular Hbond substituents is 1. The van der Waals surface area contributed by atoms with Crippen LogP contribution in [-0.4, -0.2) is 22.2 Å². The van der Waals surface area contributed by atoms with Crippen molar-refractivity contribution in [2.45, 2.75) is 12.5 Å². The molecule has 0 aliphatic heterocycles. The van der Waals surface area contributed by atoms with Gasteiger partial charge in [-0.15, -0.1) is 0 Å². The largest absolute Gasteiger partial charge is 0.508 e. The molecule has 1 atom stereocenters. The van der Waals surface area contributed by atoms with Gasteiger partial charge in [-0.2, -0.15) is 0 Å². The van der Waals surface area contributed by atoms with Crippen LogP contribution in [0.15, 0.2) is 36.4 Å². The van der Waals surface area contributed by atoms with Crippen molar-refractivity contribution < 1.29 is 19.7 Å². The Hall–Kier alpha value is -1.95. The fraction of sp³-hybridized carbons (Fsp3) is 0.133. The molecule has 0 fully saturated rings. The smallest absolute Gasteiger partial charge is 0.320 e. The van der Waals surface area contributed by atoms with Crippen LogP contribution in [0.3, 0.4) is 0 Å². The Morgan fingerprint density at radius 2 is 1.77 bits per heavy atom. The number of ether oxygens (including phenoxy) is 1. The molecule has 2 aromatic rings. The number of carbonyl (C=O) groups is 1. The van der Waals surface area contributed by atoms with Gasteiger partial charge < -0.3 is 20.7 Å². The van der Waals surface area contributed by atoms with E-state index in [1.165, 1.54) is 12.1 Å². The van der Waals surface area contributed by atoms with E-state index in [0.717, 1.165) is 0 Å². The Morgan fingerprint density at radius 3 is 2.36 bits per heavy atom. The Balaban J connectivity index is 2.22. The van der Waals surface area contributed by atoms with Gasteiger partial charge in [0.2, 0.25) is 0 Å². The van der Waals surface area contributed by atoms with Crippen LogP contribution in [0.25, 0.3) is 0 Å². The van der Waals surface area contributed by atoms with Crippen molar-refractivity contribution >= 4 is 29.2 Å². The molecule has 0 amide bonds. The molecule has 116 valence electrons. The lowest BCUT2D eigenvalue weighted by Gasteiger charge is -2.13. The van der Waals surface area contributed by atoms with Crippen molar-refractivity contribution in [3.63, 3.8) is 0 Å². The van der Waals surface area contributed by atoms with E-state index in [1.807, 2.05) is 0 Å². The molecule has 0 bridgehead atoms. The van der Waals surface area contributed by atoms with Crippen LogP contribution in [0.1, 0.15) is 5.56 Å². The predicted octanol–water partition coefficient (Wildman–Crippen LogP) is 3.45. The van der Waals surface area contributed by atoms with E-state index in [2.05, 4.69) is 0 Å². The first kappa shape index (κ1) is 16.4. The van der Waals surface area contributed by atoms with Crippen LogP contribution >= 0.6 is 23.2 Å². The highest BCUT2D eigenvalue weighted by Crippen LogP contribution is 2.37. The van der Waals surface area contributed by atoms with Gasteiger partial charge in [0.25, 0.3) is 0 Å². The second kappa shape index (κ2) is 6.87. The van der Waals surface area contributed by atoms with Gasteiger partial charge in [0.1, 0.15) is 28.3 Å². The second-order valence-corrected chi connectivity index (χ2v) is 5.35. The zero-order valence-corrected chi connectivity index (χ0v) is 12.8. The monoisotopic (exact) mass is 341 g/mol. The fourth-order valence-corrected chi connectivity index (χ4v) is 2.23. The van der Waals surface area contributed by atoms with Gasteiger partial charge in [-0.25, -0.2) is 0 Å². The minimum absolute atomic E-state index is 0.0629. The van der Waals surface area contributed by atoms with E-state index < -0.39 is 12.0 Å². The minimum Gasteiger partial charge on any atom is -0.508 e. The van der Waals surface area contributed by atoms with Crippen molar-refractivity contribution in [1.29, 1.82) is 0 Å². The molecule has 0 radical (unpaired) electrons. The molecule has 7 heteroatoms. The minimum atomic E-state index is -1.11. The summed E-state index contributed by atoms with van der Waals surface area (Å²) in [4.78, 5) is 10.8. The third-order valence-electron chi connectivity index (χ3n) is 2.95. The molecule has 1 unspecified atom stereocenters. The van der Waals surface area contributed by atoms with Crippen molar-refractivity contribution in [3.05, 3.63) is 52.0 Å². The number of nitrogens with two attached hydrogens (primary N) is 1. The molecule has 2 rings (SSSR count). The van der Waals surface area contributed by atoms with Crippen LogP contribution in [0, 0.1) is 0 Å². The van der Waals surface area contributed by atoms with E-state index in [1.54, 1.807) is 24.3 Å². The maximum absolute atomic E-state index is 10.8. The molecule has 0 aliphatic rings. The molecule has 0 heterocycles. The number of benzene rings is 2. The average Bonchev–Trinajstić information content (AvgIpc) is 2.48. The first-order valence-corrected chi connectivity index (χ1v) is 7.06. The Labute approximate surface area is 136 Å². The normalized spacial score (nSPS) is 12.0. The summed E-state index contributed by atoms with van der Waals surface area (Å²) in [5, 5.41) is 18.4. The standard InChI is InChI=1S/C15H13Cl2NO4/c16-13-8(7-11(18)15(20)21)1-6-12(14(13)17)22-10-4-2-9(19)3-5-10/h1-6,11,19H,7,18H2,(H,20,21). The van der Waals surface area contributed by atoms with Gasteiger partial charge in [0, 0.05) is 0 Å². The van der Waals surface area contributed by atoms with Gasteiger partial charge in [-0.05, 0) is 42.3 Å². The maximum Gasteiger partial charge on any atom is 0.320 e. The highest BCUT2D eigenvalue weighted by Gasteiger charge is 2.17. The lowest BCUT2D eigenvalue weighted by atomic mass is 10.1. The third-order valence-corrected chi connectivity index (χ3v) is 3.85. The van der Waals surface area contributed by atoms with Crippen molar-refractivity contribution in [2.24, 2.45) is 5.73 Å². The molecule has 0 saturated heterocycles. The molecule has 4 N–H and O–H groups in total. The quantitative estimate of drug-likeness (QED) is 0.774. The first-order valence-electron chi connectivity index (χ1n) is 6.30. The number of hydrogen-bond donors (Lipinski definition) is 3. The highest BCUT2D eigenvalue weighted by molar-refractivity contribution is 6.43. The molecule has 2 aromatic carbocycles. The molecule has 0 aromatic heterocycles. The number of phenols is 1. The summed E-state index contributed by atoms with van der Waals surface area (Å²) in [6, 6.07) is 8.26. The number of rotatable bonds is 5. The number of aliphatic carboxylic acids is 1. The number of hydrogen-bond acceptors (Lipinski definition) is 4. The Morgan fingerprint density at radius 1 is 1.14 bits per heavy atom. The average molecular weight is 342 g/mol. The van der Waals surface area contributed by atoms with Crippen LogP contribution in [-0.2, 0) is 11.2 Å². The van der Waals surface area contributed by atoms with E-state index in [9.17, 15) is 9.90 Å². The van der Waals surface area contributed by atoms with Crippen LogP contribution in [0.2, 0.25) is 10.0 Å². The van der Waals surface area contributed by atoms with Crippen molar-refractivity contribution in [2.75, 3.05) is 0 Å². The predicted molar refractivity (Wildman–Crippen MR) is 84.0 cm³/mol. The summed E-state index contributed by atoms with van der Waals surface area (Å²) in [6.07, 6.45) is 0.0629. The molecular formula is C15H13Cl2NO4. The fourth-order valence-electron chi connectivity index (χ4n) is 1.77. The van der Waals surface area contributed by atoms with E-state index >= 15 is 0 Å². The maximum atomic E-state index is 10.8. The summed E-state index contributed by atoms with van der Waals surface area (Å²) in [5.41, 5.74) is 6.01. The van der Waals surface area contributed by atoms with Gasteiger partial charge in [0.15, 0.2) is 0 Å². The molecule has 0 saturated carbocycles. The molecule has 5 nitrogen and oxygen atoms in total. The lowest BCUT2D eigenvalue weighted by Crippen LogP contribution is -2.32. The SMILES string of the molecule is NC(Cc1ccc(Oc2ccc(O)cc2)c(Cl)c1Cl)C(=O)O. The first-order chi connectivity index (χ1) is 10.4. The lowest BCUT2D eigenvalue weighted by molar-refractivity contribution is -0.138. The zero-order valence-electron chi connectivity index (χ0n) is 11.3. The number of carboxylic acid groups (broad SMARTS) is 1. The van der Waals surface area contributed by atoms with E-state index in [4.69, 9.17) is 38.8 Å². The third kappa shape index (κ3) is 3.82. The highest BCUT2D eigenvalue weighted by atomic mass is 35.5. The number of aromatic hydroxyl groups is 1. The summed E-state index contributed by atoms with van der Waals surface area (Å²) in [6.45, 7) is 0. The summed E-state index contributed by atoms with van der Waals surface area (Å²) in [5.74, 6) is -0.193. The summed E-state index contributed by atoms with van der Waals surface area (Å²) >= 11 is 12.3. The van der Waals surface area contributed by atoms with Gasteiger partial charge in [-0.3, -0.25) is 4.79 Å². The summed E-state index contributed by atoms with van der Waals surface area (Å²) in [7, 11) is 0. The van der Waals surface area contributed by atoms with Crippen LogP contribution in [0.5, 0.6) is 17.2 Å². The Bertz CT molecular complexity index is 689. The van der Waals surface area contributed by atoms with Gasteiger partial charge in [-0.1, -0.05) is 29.3 Å². The van der Waals surface area contributed by atoms with Crippen LogP contribution < -0.4 is 10.5 Å². The topological polar surface area (TPSA) is 92.8 Å². The second-order valence-electron chi connectivity index (χ2n) is 4.60. The number of halogens is 2. The van der Waals surface area contributed by atoms with Crippen LogP contribution in [0.4, 0.5) is 0 Å². The number of carboxylic acids is 1. The van der Waals surface area contributed by atoms with E-state index in [-0.39, 0.29) is 22.2 Å². The molecule has 0 spiro atoms. The zero-order chi connectivity index (χ0) is 16.3. The molecule has 22 heavy (non-hydrogen) atoms. The summed E-state index contributed by atoms with van der Waals surface area (Å²) < 4.78 is 5.58. The van der Waals surface area contributed by atoms with Gasteiger partial charge in [0.05, 0.1) is 5.02 Å². The molecular weight excluding hydrogens is 329 g/mol. The Kier molecular flexibility index (Phi) is 5.13. The van der Waals surface area contributed by atoms with Crippen molar-refractivity contribution in [3.8, 4) is 17.2 Å².